The normalized spacial score (nSPS) is 16.4. The number of fused-ring (bicyclic) bond motifs is 1. The van der Waals surface area contributed by atoms with Gasteiger partial charge in [0.15, 0.2) is 0 Å². The Balaban J connectivity index is 1.58. The van der Waals surface area contributed by atoms with Gasteiger partial charge in [-0.1, -0.05) is 29.7 Å². The molecule has 0 saturated carbocycles. The summed E-state index contributed by atoms with van der Waals surface area (Å²) >= 11 is 5.91. The molecule has 0 saturated heterocycles. The molecule has 6 nitrogen and oxygen atoms in total. The predicted octanol–water partition coefficient (Wildman–Crippen LogP) is 4.74. The number of benzene rings is 1. The Morgan fingerprint density at radius 1 is 1.22 bits per heavy atom. The molecule has 1 unspecified atom stereocenters. The number of terminal acetylenes is 1. The second kappa shape index (κ2) is 10.2. The van der Waals surface area contributed by atoms with Crippen LogP contribution < -0.4 is 10.9 Å². The van der Waals surface area contributed by atoms with Gasteiger partial charge in [-0.3, -0.25) is 14.2 Å². The Bertz CT molecular complexity index is 1340. The molecule has 2 aromatic rings. The SMILES string of the molecule is C#CCn1c(NC(C)C2=CC=C(C(F)(F)F)CC2)nc2c(c1=O)CN(C(=O)c1ccc(Cl)cc1)CC2. The van der Waals surface area contributed by atoms with Crippen LogP contribution in [0, 0.1) is 12.3 Å². The number of rotatable bonds is 5. The average Bonchev–Trinajstić information content (AvgIpc) is 2.86. The number of halogens is 4. The van der Waals surface area contributed by atoms with Crippen LogP contribution in [-0.2, 0) is 19.5 Å². The van der Waals surface area contributed by atoms with Gasteiger partial charge in [0.2, 0.25) is 5.95 Å². The first-order chi connectivity index (χ1) is 17.1. The van der Waals surface area contributed by atoms with Crippen LogP contribution in [0.4, 0.5) is 19.1 Å². The lowest BCUT2D eigenvalue weighted by atomic mass is 9.94. The van der Waals surface area contributed by atoms with Crippen molar-refractivity contribution in [1.82, 2.24) is 14.5 Å². The predicted molar refractivity (Wildman–Crippen MR) is 132 cm³/mol. The Labute approximate surface area is 211 Å². The number of allylic oxidation sites excluding steroid dienone is 3. The molecule has 2 aliphatic rings. The monoisotopic (exact) mass is 516 g/mol. The quantitative estimate of drug-likeness (QED) is 0.583. The van der Waals surface area contributed by atoms with E-state index in [2.05, 4.69) is 16.2 Å². The highest BCUT2D eigenvalue weighted by molar-refractivity contribution is 6.30. The van der Waals surface area contributed by atoms with E-state index in [0.717, 1.165) is 11.6 Å². The van der Waals surface area contributed by atoms with Crippen molar-refractivity contribution in [3.05, 3.63) is 79.8 Å². The molecule has 2 heterocycles. The van der Waals surface area contributed by atoms with Gasteiger partial charge in [-0.25, -0.2) is 4.98 Å². The van der Waals surface area contributed by atoms with Gasteiger partial charge >= 0.3 is 6.18 Å². The van der Waals surface area contributed by atoms with Crippen LogP contribution >= 0.6 is 11.6 Å². The minimum atomic E-state index is -4.34. The van der Waals surface area contributed by atoms with Crippen molar-refractivity contribution in [2.45, 2.75) is 51.5 Å². The molecule has 4 rings (SSSR count). The number of amides is 1. The maximum atomic E-state index is 13.4. The van der Waals surface area contributed by atoms with Crippen LogP contribution in [0.5, 0.6) is 0 Å². The number of carbonyl (C=O) groups excluding carboxylic acids is 1. The number of nitrogens with zero attached hydrogens (tertiary/aromatic N) is 3. The Kier molecular flexibility index (Phi) is 7.27. The summed E-state index contributed by atoms with van der Waals surface area (Å²) in [5, 5.41) is 3.68. The van der Waals surface area contributed by atoms with Crippen LogP contribution in [0.2, 0.25) is 5.02 Å². The molecule has 1 amide bonds. The highest BCUT2D eigenvalue weighted by Crippen LogP contribution is 2.34. The first-order valence-electron chi connectivity index (χ1n) is 11.4. The largest absolute Gasteiger partial charge is 0.412 e. The fourth-order valence-corrected chi connectivity index (χ4v) is 4.47. The third-order valence-electron chi connectivity index (χ3n) is 6.39. The van der Waals surface area contributed by atoms with Crippen LogP contribution in [0.25, 0.3) is 0 Å². The van der Waals surface area contributed by atoms with E-state index < -0.39 is 11.7 Å². The number of nitrogens with one attached hydrogen (secondary N) is 1. The topological polar surface area (TPSA) is 67.2 Å². The van der Waals surface area contributed by atoms with Gasteiger partial charge in [0.1, 0.15) is 0 Å². The van der Waals surface area contributed by atoms with Gasteiger partial charge in [-0.15, -0.1) is 6.42 Å². The molecule has 1 atom stereocenters. The van der Waals surface area contributed by atoms with E-state index in [9.17, 15) is 22.8 Å². The third-order valence-corrected chi connectivity index (χ3v) is 6.64. The first-order valence-corrected chi connectivity index (χ1v) is 11.8. The van der Waals surface area contributed by atoms with Crippen molar-refractivity contribution < 1.29 is 18.0 Å². The minimum Gasteiger partial charge on any atom is -0.349 e. The van der Waals surface area contributed by atoms with Gasteiger partial charge in [0, 0.05) is 35.2 Å². The number of aromatic nitrogens is 2. The smallest absolute Gasteiger partial charge is 0.349 e. The van der Waals surface area contributed by atoms with Crippen molar-refractivity contribution in [2.75, 3.05) is 11.9 Å². The highest BCUT2D eigenvalue weighted by atomic mass is 35.5. The number of alkyl halides is 3. The van der Waals surface area contributed by atoms with Crippen molar-refractivity contribution >= 4 is 23.5 Å². The van der Waals surface area contributed by atoms with Crippen molar-refractivity contribution in [2.24, 2.45) is 0 Å². The molecular weight excluding hydrogens is 493 g/mol. The Morgan fingerprint density at radius 2 is 1.94 bits per heavy atom. The molecule has 36 heavy (non-hydrogen) atoms. The molecule has 1 aliphatic carbocycles. The van der Waals surface area contributed by atoms with Crippen LogP contribution in [0.15, 0.2) is 52.4 Å². The summed E-state index contributed by atoms with van der Waals surface area (Å²) in [6.07, 6.45) is 4.24. The molecular formula is C26H24ClF3N4O2. The zero-order valence-electron chi connectivity index (χ0n) is 19.5. The lowest BCUT2D eigenvalue weighted by Gasteiger charge is -2.30. The summed E-state index contributed by atoms with van der Waals surface area (Å²) in [5.41, 5.74) is 1.29. The number of carbonyl (C=O) groups is 1. The Hall–Kier alpha value is -3.51. The lowest BCUT2D eigenvalue weighted by Crippen LogP contribution is -2.42. The van der Waals surface area contributed by atoms with Gasteiger partial charge < -0.3 is 10.2 Å². The van der Waals surface area contributed by atoms with Crippen molar-refractivity contribution in [1.29, 1.82) is 0 Å². The fraction of sp³-hybridized carbons (Fsp3) is 0.346. The zero-order chi connectivity index (χ0) is 26.0. The summed E-state index contributed by atoms with van der Waals surface area (Å²) in [5.74, 6) is 2.49. The molecule has 1 N–H and O–H groups in total. The van der Waals surface area contributed by atoms with Gasteiger partial charge in [0.25, 0.3) is 11.5 Å². The summed E-state index contributed by atoms with van der Waals surface area (Å²) in [6, 6.07) is 6.17. The second-order valence-corrected chi connectivity index (χ2v) is 9.17. The van der Waals surface area contributed by atoms with E-state index in [0.29, 0.717) is 34.8 Å². The van der Waals surface area contributed by atoms with Crippen molar-refractivity contribution in [3.63, 3.8) is 0 Å². The summed E-state index contributed by atoms with van der Waals surface area (Å²) < 4.78 is 40.1. The molecule has 0 fully saturated rings. The third kappa shape index (κ3) is 5.34. The fourth-order valence-electron chi connectivity index (χ4n) is 4.35. The van der Waals surface area contributed by atoms with E-state index in [1.807, 2.05) is 0 Å². The number of hydrogen-bond acceptors (Lipinski definition) is 4. The first kappa shape index (κ1) is 25.6. The molecule has 1 aliphatic heterocycles. The van der Waals surface area contributed by atoms with E-state index in [1.165, 1.54) is 10.6 Å². The molecule has 188 valence electrons. The standard InChI is InChI=1S/C26H24ClF3N4O2/c1-3-13-34-24(36)21-15-33(23(35)18-6-10-20(27)11-7-18)14-12-22(21)32-25(34)31-16(2)17-4-8-19(9-5-17)26(28,29)30/h1,4,6-8,10-11,16H,5,9,12-15H2,2H3,(H,31,32). The molecule has 0 spiro atoms. The number of anilines is 1. The van der Waals surface area contributed by atoms with Crippen LogP contribution in [-0.4, -0.2) is 39.1 Å². The molecule has 1 aromatic heterocycles. The lowest BCUT2D eigenvalue weighted by molar-refractivity contribution is -0.0941. The van der Waals surface area contributed by atoms with E-state index in [4.69, 9.17) is 18.0 Å². The van der Waals surface area contributed by atoms with Crippen molar-refractivity contribution in [3.8, 4) is 12.3 Å². The van der Waals surface area contributed by atoms with E-state index in [-0.39, 0.29) is 49.4 Å². The van der Waals surface area contributed by atoms with Gasteiger partial charge in [-0.2, -0.15) is 13.2 Å². The van der Waals surface area contributed by atoms with Crippen LogP contribution in [0.1, 0.15) is 41.4 Å². The van der Waals surface area contributed by atoms with Gasteiger partial charge in [-0.05, 0) is 49.6 Å². The van der Waals surface area contributed by atoms with Crippen LogP contribution in [0.3, 0.4) is 0 Å². The second-order valence-electron chi connectivity index (χ2n) is 8.74. The highest BCUT2D eigenvalue weighted by Gasteiger charge is 2.34. The average molecular weight is 517 g/mol. The number of hydrogen-bond donors (Lipinski definition) is 1. The van der Waals surface area contributed by atoms with E-state index in [1.54, 1.807) is 36.1 Å². The molecule has 0 radical (unpaired) electrons. The van der Waals surface area contributed by atoms with E-state index >= 15 is 0 Å². The maximum Gasteiger partial charge on any atom is 0.412 e. The summed E-state index contributed by atoms with van der Waals surface area (Å²) in [4.78, 5) is 32.5. The minimum absolute atomic E-state index is 0.0452. The summed E-state index contributed by atoms with van der Waals surface area (Å²) in [7, 11) is 0. The molecule has 10 heteroatoms. The zero-order valence-corrected chi connectivity index (χ0v) is 20.3. The van der Waals surface area contributed by atoms with Gasteiger partial charge in [0.05, 0.1) is 24.3 Å². The maximum absolute atomic E-state index is 13.4. The molecule has 0 bridgehead atoms. The Morgan fingerprint density at radius 3 is 2.56 bits per heavy atom. The summed E-state index contributed by atoms with van der Waals surface area (Å²) in [6.45, 7) is 2.23. The molecule has 1 aromatic carbocycles.